The van der Waals surface area contributed by atoms with Crippen molar-refractivity contribution < 1.29 is 42.1 Å². The second-order valence-corrected chi connectivity index (χ2v) is 15.7. The first-order chi connectivity index (χ1) is 25.0. The first-order valence-corrected chi connectivity index (χ1v) is 21.5. The molecule has 9 nitrogen and oxygen atoms in total. The summed E-state index contributed by atoms with van der Waals surface area (Å²) in [5.41, 5.74) is 0. The van der Waals surface area contributed by atoms with Crippen molar-refractivity contribution in [2.24, 2.45) is 0 Å². The van der Waals surface area contributed by atoms with Crippen molar-refractivity contribution in [1.82, 2.24) is 0 Å². The molecule has 0 aromatic carbocycles. The van der Waals surface area contributed by atoms with Gasteiger partial charge in [0.05, 0.1) is 27.7 Å². The predicted molar refractivity (Wildman–Crippen MR) is 213 cm³/mol. The number of phosphoric ester groups is 1. The first kappa shape index (κ1) is 49.7. The average Bonchev–Trinajstić information content (AvgIpc) is 3.09. The minimum absolute atomic E-state index is 0.0432. The van der Waals surface area contributed by atoms with E-state index in [1.807, 2.05) is 27.2 Å². The van der Waals surface area contributed by atoms with E-state index in [9.17, 15) is 19.0 Å². The van der Waals surface area contributed by atoms with E-state index < -0.39 is 32.5 Å². The molecular formula is C42H74NO8P. The maximum Gasteiger partial charge on any atom is 0.306 e. The van der Waals surface area contributed by atoms with E-state index >= 15 is 0 Å². The number of allylic oxidation sites excluding steroid dienone is 10. The Labute approximate surface area is 317 Å². The molecular weight excluding hydrogens is 677 g/mol. The van der Waals surface area contributed by atoms with Gasteiger partial charge in [0.2, 0.25) is 0 Å². The van der Waals surface area contributed by atoms with Gasteiger partial charge >= 0.3 is 11.9 Å². The number of likely N-dealkylation sites (N-methyl/N-ethyl adjacent to an activating group) is 1. The lowest BCUT2D eigenvalue weighted by Gasteiger charge is -2.28. The molecule has 0 saturated carbocycles. The molecule has 0 amide bonds. The van der Waals surface area contributed by atoms with Gasteiger partial charge in [-0.2, -0.15) is 0 Å². The quantitative estimate of drug-likeness (QED) is 0.0207. The van der Waals surface area contributed by atoms with Gasteiger partial charge in [-0.25, -0.2) is 0 Å². The van der Waals surface area contributed by atoms with E-state index in [4.69, 9.17) is 18.5 Å². The average molecular weight is 752 g/mol. The van der Waals surface area contributed by atoms with Crippen molar-refractivity contribution in [3.63, 3.8) is 0 Å². The number of ether oxygens (including phenoxy) is 2. The third kappa shape index (κ3) is 37.5. The van der Waals surface area contributed by atoms with Crippen molar-refractivity contribution in [2.75, 3.05) is 47.5 Å². The van der Waals surface area contributed by atoms with Crippen LogP contribution < -0.4 is 4.89 Å². The van der Waals surface area contributed by atoms with Gasteiger partial charge in [-0.05, 0) is 51.4 Å². The molecule has 0 N–H and O–H groups in total. The fourth-order valence-corrected chi connectivity index (χ4v) is 5.65. The van der Waals surface area contributed by atoms with Gasteiger partial charge in [0, 0.05) is 12.8 Å². The summed E-state index contributed by atoms with van der Waals surface area (Å²) < 4.78 is 33.7. The molecule has 0 aliphatic rings. The normalized spacial score (nSPS) is 14.3. The molecule has 0 bridgehead atoms. The molecule has 0 aliphatic carbocycles. The Bertz CT molecular complexity index is 1080. The van der Waals surface area contributed by atoms with Crippen molar-refractivity contribution in [3.05, 3.63) is 60.8 Å². The summed E-state index contributed by atoms with van der Waals surface area (Å²) in [6.07, 6.45) is 39.7. The van der Waals surface area contributed by atoms with Gasteiger partial charge < -0.3 is 27.9 Å². The monoisotopic (exact) mass is 752 g/mol. The number of rotatable bonds is 35. The number of nitrogens with zero attached hydrogens (tertiary/aromatic N) is 1. The fourth-order valence-electron chi connectivity index (χ4n) is 4.92. The number of hydrogen-bond acceptors (Lipinski definition) is 8. The van der Waals surface area contributed by atoms with Crippen LogP contribution in [0.15, 0.2) is 60.8 Å². The minimum Gasteiger partial charge on any atom is -0.756 e. The number of esters is 2. The maximum absolute atomic E-state index is 12.6. The maximum atomic E-state index is 12.6. The van der Waals surface area contributed by atoms with Crippen molar-refractivity contribution >= 4 is 19.8 Å². The second kappa shape index (κ2) is 34.5. The standard InChI is InChI=1S/C42H74NO8P/c1-6-8-10-12-14-16-18-19-20-21-22-23-25-27-29-31-33-35-42(45)51-40(39-50-52(46,47)49-37-36-43(3,4)5)38-48-41(44)34-32-30-28-26-24-17-15-13-11-9-7-2/h8,10,14,16,19-20,22-23,27,29,40H,6-7,9,11-13,15,17-18,21,24-26,28,30-39H2,1-5H3/b10-8-,16-14-,20-19-,23-22-,29-27-. The summed E-state index contributed by atoms with van der Waals surface area (Å²) >= 11 is 0. The lowest BCUT2D eigenvalue weighted by Crippen LogP contribution is -2.37. The highest BCUT2D eigenvalue weighted by Gasteiger charge is 2.21. The van der Waals surface area contributed by atoms with Crippen molar-refractivity contribution in [1.29, 1.82) is 0 Å². The molecule has 0 rings (SSSR count). The van der Waals surface area contributed by atoms with Crippen LogP contribution in [0.2, 0.25) is 0 Å². The van der Waals surface area contributed by atoms with Gasteiger partial charge in [0.1, 0.15) is 19.8 Å². The Balaban J connectivity index is 4.53. The summed E-state index contributed by atoms with van der Waals surface area (Å²) in [4.78, 5) is 37.3. The van der Waals surface area contributed by atoms with Gasteiger partial charge in [-0.1, -0.05) is 139 Å². The number of phosphoric acid groups is 1. The molecule has 0 heterocycles. The third-order valence-corrected chi connectivity index (χ3v) is 9.02. The van der Waals surface area contributed by atoms with Crippen LogP contribution in [0.5, 0.6) is 0 Å². The zero-order valence-electron chi connectivity index (χ0n) is 33.5. The zero-order valence-corrected chi connectivity index (χ0v) is 34.4. The molecule has 300 valence electrons. The molecule has 10 heteroatoms. The molecule has 0 saturated heterocycles. The minimum atomic E-state index is -4.63. The van der Waals surface area contributed by atoms with Crippen LogP contribution in [0.25, 0.3) is 0 Å². The van der Waals surface area contributed by atoms with E-state index in [0.29, 0.717) is 23.9 Å². The number of unbranched alkanes of at least 4 members (excludes halogenated alkanes) is 11. The predicted octanol–water partition coefficient (Wildman–Crippen LogP) is 10.3. The summed E-state index contributed by atoms with van der Waals surface area (Å²) in [5.74, 6) is -0.908. The smallest absolute Gasteiger partial charge is 0.306 e. The largest absolute Gasteiger partial charge is 0.756 e. The first-order valence-electron chi connectivity index (χ1n) is 20.0. The van der Waals surface area contributed by atoms with E-state index in [0.717, 1.165) is 51.4 Å². The number of carbonyl (C=O) groups excluding carboxylic acids is 2. The molecule has 0 aromatic rings. The summed E-state index contributed by atoms with van der Waals surface area (Å²) in [6, 6.07) is 0. The number of quaternary nitrogens is 1. The highest BCUT2D eigenvalue weighted by Crippen LogP contribution is 2.38. The highest BCUT2D eigenvalue weighted by molar-refractivity contribution is 7.45. The van der Waals surface area contributed by atoms with Gasteiger partial charge in [0.25, 0.3) is 7.82 Å². The van der Waals surface area contributed by atoms with E-state index in [1.54, 1.807) is 0 Å². The Kier molecular flexibility index (Phi) is 33.0. The van der Waals surface area contributed by atoms with Gasteiger partial charge in [-0.3, -0.25) is 14.2 Å². The molecule has 52 heavy (non-hydrogen) atoms. The Hall–Kier alpha value is -2.29. The van der Waals surface area contributed by atoms with Crippen molar-refractivity contribution in [3.8, 4) is 0 Å². The molecule has 0 aromatic heterocycles. The number of hydrogen-bond donors (Lipinski definition) is 0. The topological polar surface area (TPSA) is 111 Å². The van der Waals surface area contributed by atoms with Crippen LogP contribution >= 0.6 is 7.82 Å². The summed E-state index contributed by atoms with van der Waals surface area (Å²) in [7, 11) is 1.12. The highest BCUT2D eigenvalue weighted by atomic mass is 31.2. The SMILES string of the molecule is CC/C=C\C/C=C\C/C=C\C/C=C\C/C=C\CCCC(=O)OC(COC(=O)CCCCCCCCCCCCC)COP(=O)([O-])OCC[N+](C)(C)C. The molecule has 2 unspecified atom stereocenters. The number of carbonyl (C=O) groups is 2. The molecule has 0 fully saturated rings. The summed E-state index contributed by atoms with van der Waals surface area (Å²) in [5, 5.41) is 0. The van der Waals surface area contributed by atoms with Crippen LogP contribution in [0.3, 0.4) is 0 Å². The van der Waals surface area contributed by atoms with Gasteiger partial charge in [0.15, 0.2) is 6.10 Å². The second-order valence-electron chi connectivity index (χ2n) is 14.3. The summed E-state index contributed by atoms with van der Waals surface area (Å²) in [6.45, 7) is 4.01. The third-order valence-electron chi connectivity index (χ3n) is 8.05. The van der Waals surface area contributed by atoms with E-state index in [2.05, 4.69) is 68.5 Å². The van der Waals surface area contributed by atoms with Crippen LogP contribution in [0.4, 0.5) is 0 Å². The van der Waals surface area contributed by atoms with Crippen LogP contribution in [0, 0.1) is 0 Å². The molecule has 0 aliphatic heterocycles. The van der Waals surface area contributed by atoms with Crippen LogP contribution in [-0.2, 0) is 32.7 Å². The lowest BCUT2D eigenvalue weighted by molar-refractivity contribution is -0.870. The van der Waals surface area contributed by atoms with Crippen LogP contribution in [-0.4, -0.2) is 70.0 Å². The van der Waals surface area contributed by atoms with Crippen molar-refractivity contribution in [2.45, 2.75) is 148 Å². The van der Waals surface area contributed by atoms with E-state index in [-0.39, 0.29) is 26.1 Å². The Morgan fingerprint density at radius 2 is 1.10 bits per heavy atom. The molecule has 0 spiro atoms. The molecule has 2 atom stereocenters. The van der Waals surface area contributed by atoms with Crippen LogP contribution in [0.1, 0.15) is 142 Å². The zero-order chi connectivity index (χ0) is 38.6. The van der Waals surface area contributed by atoms with Gasteiger partial charge in [-0.15, -0.1) is 0 Å². The lowest BCUT2D eigenvalue weighted by atomic mass is 10.1. The fraction of sp³-hybridized carbons (Fsp3) is 0.714. The Morgan fingerprint density at radius 3 is 1.62 bits per heavy atom. The van der Waals surface area contributed by atoms with E-state index in [1.165, 1.54) is 51.4 Å². The Morgan fingerprint density at radius 1 is 0.615 bits per heavy atom. The molecule has 0 radical (unpaired) electrons.